The van der Waals surface area contributed by atoms with Crippen LogP contribution in [0.1, 0.15) is 11.4 Å². The smallest absolute Gasteiger partial charge is 0.320 e. The van der Waals surface area contributed by atoms with Crippen LogP contribution in [0.5, 0.6) is 0 Å². The zero-order valence-electron chi connectivity index (χ0n) is 10.3. The lowest BCUT2D eigenvalue weighted by Gasteiger charge is -2.07. The molecule has 2 aromatic heterocycles. The summed E-state index contributed by atoms with van der Waals surface area (Å²) in [6.07, 6.45) is 0.726. The summed E-state index contributed by atoms with van der Waals surface area (Å²) in [6, 6.07) is 3.34. The largest absolute Gasteiger partial charge is 0.337 e. The monoisotopic (exact) mass is 340 g/mol. The molecule has 2 rings (SSSR count). The maximum atomic E-state index is 11.6. The number of hydrogen-bond acceptors (Lipinski definition) is 4. The fourth-order valence-corrected chi connectivity index (χ4v) is 2.25. The van der Waals surface area contributed by atoms with Crippen molar-refractivity contribution in [3.8, 4) is 0 Å². The number of pyridine rings is 1. The molecule has 0 atom stereocenters. The third-order valence-electron chi connectivity index (χ3n) is 2.41. The molecule has 5 nitrogen and oxygen atoms in total. The number of rotatable bonds is 4. The van der Waals surface area contributed by atoms with E-state index in [1.807, 2.05) is 18.4 Å². The van der Waals surface area contributed by atoms with Crippen molar-refractivity contribution in [3.63, 3.8) is 0 Å². The average Bonchev–Trinajstić information content (AvgIpc) is 2.87. The molecule has 7 heteroatoms. The molecule has 0 bridgehead atoms. The molecule has 100 valence electrons. The van der Waals surface area contributed by atoms with E-state index in [2.05, 4.69) is 36.5 Å². The van der Waals surface area contributed by atoms with Gasteiger partial charge in [-0.3, -0.25) is 5.32 Å². The third kappa shape index (κ3) is 4.29. The van der Waals surface area contributed by atoms with Gasteiger partial charge in [-0.15, -0.1) is 11.3 Å². The Bertz CT molecular complexity index is 559. The van der Waals surface area contributed by atoms with Crippen molar-refractivity contribution < 1.29 is 4.79 Å². The molecule has 0 aliphatic heterocycles. The van der Waals surface area contributed by atoms with E-state index in [-0.39, 0.29) is 6.03 Å². The minimum Gasteiger partial charge on any atom is -0.337 e. The fourth-order valence-electron chi connectivity index (χ4n) is 1.44. The Kier molecular flexibility index (Phi) is 4.86. The molecule has 0 unspecified atom stereocenters. The number of halogens is 1. The highest BCUT2D eigenvalue weighted by molar-refractivity contribution is 9.10. The van der Waals surface area contributed by atoms with Crippen molar-refractivity contribution in [2.24, 2.45) is 0 Å². The van der Waals surface area contributed by atoms with E-state index in [0.29, 0.717) is 12.4 Å². The van der Waals surface area contributed by atoms with Crippen LogP contribution in [0.25, 0.3) is 0 Å². The number of urea groups is 1. The summed E-state index contributed by atoms with van der Waals surface area (Å²) >= 11 is 4.91. The van der Waals surface area contributed by atoms with Crippen molar-refractivity contribution in [1.82, 2.24) is 15.3 Å². The van der Waals surface area contributed by atoms with Gasteiger partial charge in [0, 0.05) is 22.8 Å². The van der Waals surface area contributed by atoms with Gasteiger partial charge in [0.2, 0.25) is 0 Å². The normalized spacial score (nSPS) is 10.2. The molecule has 2 heterocycles. The lowest BCUT2D eigenvalue weighted by molar-refractivity contribution is 0.252. The highest BCUT2D eigenvalue weighted by atomic mass is 79.9. The Morgan fingerprint density at radius 1 is 1.47 bits per heavy atom. The first-order chi connectivity index (χ1) is 9.15. The van der Waals surface area contributed by atoms with Gasteiger partial charge in [-0.25, -0.2) is 14.8 Å². The summed E-state index contributed by atoms with van der Waals surface area (Å²) in [6.45, 7) is 2.42. The number of aromatic nitrogens is 2. The number of nitrogens with zero attached hydrogens (tertiary/aromatic N) is 2. The van der Waals surface area contributed by atoms with Crippen molar-refractivity contribution in [2.75, 3.05) is 11.9 Å². The topological polar surface area (TPSA) is 66.9 Å². The van der Waals surface area contributed by atoms with Gasteiger partial charge in [0.15, 0.2) is 0 Å². The zero-order chi connectivity index (χ0) is 13.7. The Balaban J connectivity index is 1.79. The number of anilines is 1. The molecule has 0 aliphatic rings. The Morgan fingerprint density at radius 2 is 2.32 bits per heavy atom. The Hall–Kier alpha value is -1.47. The summed E-state index contributed by atoms with van der Waals surface area (Å²) in [5.41, 5.74) is 3.60. The second-order valence-corrected chi connectivity index (χ2v) is 5.45. The van der Waals surface area contributed by atoms with Crippen LogP contribution in [-0.4, -0.2) is 22.5 Å². The number of carbonyl (C=O) groups excluding carboxylic acids is 1. The summed E-state index contributed by atoms with van der Waals surface area (Å²) < 4.78 is 0.919. The maximum absolute atomic E-state index is 11.6. The molecule has 0 saturated carbocycles. The molecule has 0 aliphatic carbocycles. The van der Waals surface area contributed by atoms with Gasteiger partial charge < -0.3 is 5.32 Å². The minimum atomic E-state index is -0.260. The number of thiazole rings is 1. The second-order valence-electron chi connectivity index (χ2n) is 3.87. The van der Waals surface area contributed by atoms with Crippen LogP contribution in [0.2, 0.25) is 0 Å². The molecule has 0 saturated heterocycles. The fraction of sp³-hybridized carbons (Fsp3) is 0.250. The number of hydrogen-bond donors (Lipinski definition) is 2. The van der Waals surface area contributed by atoms with E-state index >= 15 is 0 Å². The first-order valence-corrected chi connectivity index (χ1v) is 7.44. The van der Waals surface area contributed by atoms with Crippen LogP contribution in [0, 0.1) is 6.92 Å². The minimum absolute atomic E-state index is 0.260. The van der Waals surface area contributed by atoms with E-state index < -0.39 is 0 Å². The van der Waals surface area contributed by atoms with E-state index in [4.69, 9.17) is 0 Å². The number of amides is 2. The first kappa shape index (κ1) is 14.0. The van der Waals surface area contributed by atoms with Gasteiger partial charge in [0.1, 0.15) is 5.82 Å². The molecule has 2 N–H and O–H groups in total. The summed E-state index contributed by atoms with van der Waals surface area (Å²) in [5, 5.41) is 7.43. The predicted octanol–water partition coefficient (Wildman–Crippen LogP) is 2.97. The quantitative estimate of drug-likeness (QED) is 0.898. The SMILES string of the molecule is Cc1nc(NC(=O)NCCc2cscn2)ccc1Br. The first-order valence-electron chi connectivity index (χ1n) is 5.70. The summed E-state index contributed by atoms with van der Waals surface area (Å²) in [5.74, 6) is 0.534. The van der Waals surface area contributed by atoms with E-state index in [1.165, 1.54) is 0 Å². The molecule has 2 amide bonds. The average molecular weight is 341 g/mol. The molecule has 0 aromatic carbocycles. The molecule has 2 aromatic rings. The number of aryl methyl sites for hydroxylation is 1. The molecule has 0 fully saturated rings. The van der Waals surface area contributed by atoms with Crippen LogP contribution in [-0.2, 0) is 6.42 Å². The van der Waals surface area contributed by atoms with Crippen LogP contribution >= 0.6 is 27.3 Å². The molecular weight excluding hydrogens is 328 g/mol. The lowest BCUT2D eigenvalue weighted by Crippen LogP contribution is -2.30. The van der Waals surface area contributed by atoms with Gasteiger partial charge >= 0.3 is 6.03 Å². The Morgan fingerprint density at radius 3 is 3.00 bits per heavy atom. The van der Waals surface area contributed by atoms with Crippen LogP contribution < -0.4 is 10.6 Å². The van der Waals surface area contributed by atoms with E-state index in [0.717, 1.165) is 22.3 Å². The molecule has 19 heavy (non-hydrogen) atoms. The summed E-state index contributed by atoms with van der Waals surface area (Å²) in [7, 11) is 0. The molecule has 0 spiro atoms. The van der Waals surface area contributed by atoms with Gasteiger partial charge in [0.05, 0.1) is 16.9 Å². The Labute approximate surface area is 123 Å². The van der Waals surface area contributed by atoms with Gasteiger partial charge in [-0.1, -0.05) is 0 Å². The zero-order valence-corrected chi connectivity index (χ0v) is 12.7. The molecular formula is C12H13BrN4OS. The van der Waals surface area contributed by atoms with Crippen molar-refractivity contribution in [2.45, 2.75) is 13.3 Å². The van der Waals surface area contributed by atoms with Gasteiger partial charge in [-0.2, -0.15) is 0 Å². The van der Waals surface area contributed by atoms with Gasteiger partial charge in [0.25, 0.3) is 0 Å². The van der Waals surface area contributed by atoms with Crippen molar-refractivity contribution >= 4 is 39.1 Å². The van der Waals surface area contributed by atoms with E-state index in [9.17, 15) is 4.79 Å². The number of carbonyl (C=O) groups is 1. The highest BCUT2D eigenvalue weighted by Gasteiger charge is 2.04. The molecule has 0 radical (unpaired) electrons. The van der Waals surface area contributed by atoms with Crippen molar-refractivity contribution in [3.05, 3.63) is 38.9 Å². The predicted molar refractivity (Wildman–Crippen MR) is 79.5 cm³/mol. The van der Waals surface area contributed by atoms with Crippen molar-refractivity contribution in [1.29, 1.82) is 0 Å². The van der Waals surface area contributed by atoms with Crippen LogP contribution in [0.3, 0.4) is 0 Å². The second kappa shape index (κ2) is 6.63. The van der Waals surface area contributed by atoms with Gasteiger partial charge in [-0.05, 0) is 35.0 Å². The lowest BCUT2D eigenvalue weighted by atomic mass is 10.3. The summed E-state index contributed by atoms with van der Waals surface area (Å²) in [4.78, 5) is 20.0. The highest BCUT2D eigenvalue weighted by Crippen LogP contribution is 2.15. The van der Waals surface area contributed by atoms with Crippen LogP contribution in [0.15, 0.2) is 27.5 Å². The third-order valence-corrected chi connectivity index (χ3v) is 3.89. The maximum Gasteiger partial charge on any atom is 0.320 e. The standard InChI is InChI=1S/C12H13BrN4OS/c1-8-10(13)2-3-11(16-8)17-12(18)14-5-4-9-6-19-7-15-9/h2-3,6-7H,4-5H2,1H3,(H2,14,16,17,18). The van der Waals surface area contributed by atoms with E-state index in [1.54, 1.807) is 22.9 Å². The van der Waals surface area contributed by atoms with Crippen LogP contribution in [0.4, 0.5) is 10.6 Å². The number of nitrogens with one attached hydrogen (secondary N) is 2.